The van der Waals surface area contributed by atoms with Crippen LogP contribution in [0.15, 0.2) is 48.5 Å². The van der Waals surface area contributed by atoms with E-state index < -0.39 is 0 Å². The van der Waals surface area contributed by atoms with Crippen molar-refractivity contribution in [2.75, 3.05) is 5.32 Å². The number of nitrogens with one attached hydrogen (secondary N) is 1. The van der Waals surface area contributed by atoms with Gasteiger partial charge in [-0.2, -0.15) is 0 Å². The predicted molar refractivity (Wildman–Crippen MR) is 79.4 cm³/mol. The van der Waals surface area contributed by atoms with E-state index in [1.54, 1.807) is 0 Å². The molecular formula is C17H18FNO. The number of anilines is 1. The number of hydrogen-bond donors (Lipinski definition) is 1. The van der Waals surface area contributed by atoms with Crippen molar-refractivity contribution in [3.05, 3.63) is 65.5 Å². The lowest BCUT2D eigenvalue weighted by molar-refractivity contribution is 0.102. The van der Waals surface area contributed by atoms with Gasteiger partial charge < -0.3 is 5.32 Å². The Hall–Kier alpha value is -2.16. The number of carbonyl (C=O) groups excluding carboxylic acids is 1. The van der Waals surface area contributed by atoms with E-state index in [0.717, 1.165) is 12.1 Å². The van der Waals surface area contributed by atoms with E-state index in [2.05, 4.69) is 12.2 Å². The second kappa shape index (κ2) is 6.85. The highest BCUT2D eigenvalue weighted by atomic mass is 19.1. The van der Waals surface area contributed by atoms with Crippen LogP contribution in [0, 0.1) is 5.82 Å². The maximum atomic E-state index is 12.8. The van der Waals surface area contributed by atoms with Crippen LogP contribution in [0.5, 0.6) is 0 Å². The molecule has 0 aliphatic carbocycles. The van der Waals surface area contributed by atoms with Gasteiger partial charge in [-0.1, -0.05) is 25.5 Å². The summed E-state index contributed by atoms with van der Waals surface area (Å²) in [4.78, 5) is 11.9. The van der Waals surface area contributed by atoms with Gasteiger partial charge in [-0.25, -0.2) is 4.39 Å². The SMILES string of the molecule is CCCCc1ccc(NC(=O)c2ccc(F)cc2)cc1. The number of hydrogen-bond acceptors (Lipinski definition) is 1. The van der Waals surface area contributed by atoms with Crippen LogP contribution in [0.25, 0.3) is 0 Å². The summed E-state index contributed by atoms with van der Waals surface area (Å²) in [6.45, 7) is 2.16. The molecule has 0 radical (unpaired) electrons. The first-order chi connectivity index (χ1) is 9.69. The molecule has 0 saturated heterocycles. The van der Waals surface area contributed by atoms with Crippen molar-refractivity contribution in [2.24, 2.45) is 0 Å². The zero-order valence-corrected chi connectivity index (χ0v) is 11.5. The Bertz CT molecular complexity index is 561. The third-order valence-corrected chi connectivity index (χ3v) is 3.14. The second-order valence-electron chi connectivity index (χ2n) is 4.76. The molecule has 0 unspecified atom stereocenters. The summed E-state index contributed by atoms with van der Waals surface area (Å²) in [6.07, 6.45) is 3.40. The number of aryl methyl sites for hydroxylation is 1. The lowest BCUT2D eigenvalue weighted by Crippen LogP contribution is -2.11. The number of rotatable bonds is 5. The first-order valence-corrected chi connectivity index (χ1v) is 6.85. The van der Waals surface area contributed by atoms with Gasteiger partial charge in [0.05, 0.1) is 0 Å². The fourth-order valence-electron chi connectivity index (χ4n) is 1.94. The Labute approximate surface area is 118 Å². The Morgan fingerprint density at radius 3 is 2.30 bits per heavy atom. The zero-order chi connectivity index (χ0) is 14.4. The molecule has 1 amide bonds. The summed E-state index contributed by atoms with van der Waals surface area (Å²) in [6, 6.07) is 13.3. The summed E-state index contributed by atoms with van der Waals surface area (Å²) in [7, 11) is 0. The van der Waals surface area contributed by atoms with Crippen molar-refractivity contribution >= 4 is 11.6 Å². The van der Waals surface area contributed by atoms with Crippen molar-refractivity contribution in [3.63, 3.8) is 0 Å². The molecule has 0 atom stereocenters. The van der Waals surface area contributed by atoms with Crippen LogP contribution in [0.3, 0.4) is 0 Å². The first kappa shape index (κ1) is 14.3. The van der Waals surface area contributed by atoms with Crippen molar-refractivity contribution < 1.29 is 9.18 Å². The lowest BCUT2D eigenvalue weighted by atomic mass is 10.1. The number of amides is 1. The molecule has 1 N–H and O–H groups in total. The molecule has 0 spiro atoms. The smallest absolute Gasteiger partial charge is 0.255 e. The third-order valence-electron chi connectivity index (χ3n) is 3.14. The Morgan fingerprint density at radius 2 is 1.70 bits per heavy atom. The molecule has 0 aliphatic rings. The monoisotopic (exact) mass is 271 g/mol. The average Bonchev–Trinajstić information content (AvgIpc) is 2.47. The van der Waals surface area contributed by atoms with Crippen molar-refractivity contribution in [2.45, 2.75) is 26.2 Å². The average molecular weight is 271 g/mol. The van der Waals surface area contributed by atoms with Gasteiger partial charge in [-0.05, 0) is 54.8 Å². The van der Waals surface area contributed by atoms with Gasteiger partial charge in [0, 0.05) is 11.3 Å². The van der Waals surface area contributed by atoms with Gasteiger partial charge >= 0.3 is 0 Å². The molecule has 2 nitrogen and oxygen atoms in total. The quantitative estimate of drug-likeness (QED) is 0.856. The summed E-state index contributed by atoms with van der Waals surface area (Å²) < 4.78 is 12.8. The minimum Gasteiger partial charge on any atom is -0.322 e. The van der Waals surface area contributed by atoms with Crippen LogP contribution in [0.2, 0.25) is 0 Å². The molecule has 2 aromatic carbocycles. The second-order valence-corrected chi connectivity index (χ2v) is 4.76. The first-order valence-electron chi connectivity index (χ1n) is 6.85. The van der Waals surface area contributed by atoms with Crippen LogP contribution in [-0.4, -0.2) is 5.91 Å². The molecule has 0 aliphatic heterocycles. The Balaban J connectivity index is 1.99. The summed E-state index contributed by atoms with van der Waals surface area (Å²) in [5, 5.41) is 2.80. The summed E-state index contributed by atoms with van der Waals surface area (Å²) in [5.41, 5.74) is 2.47. The lowest BCUT2D eigenvalue weighted by Gasteiger charge is -2.06. The van der Waals surface area contributed by atoms with E-state index in [1.165, 1.54) is 42.7 Å². The van der Waals surface area contributed by atoms with Crippen molar-refractivity contribution in [1.82, 2.24) is 0 Å². The van der Waals surface area contributed by atoms with Crippen LogP contribution in [0.4, 0.5) is 10.1 Å². The maximum absolute atomic E-state index is 12.8. The Morgan fingerprint density at radius 1 is 1.05 bits per heavy atom. The van der Waals surface area contributed by atoms with E-state index in [1.807, 2.05) is 24.3 Å². The van der Waals surface area contributed by atoms with Gasteiger partial charge in [-0.3, -0.25) is 4.79 Å². The fraction of sp³-hybridized carbons (Fsp3) is 0.235. The van der Waals surface area contributed by atoms with Gasteiger partial charge in [0.1, 0.15) is 5.82 Å². The molecular weight excluding hydrogens is 253 g/mol. The highest BCUT2D eigenvalue weighted by Gasteiger charge is 2.05. The molecule has 2 rings (SSSR count). The van der Waals surface area contributed by atoms with Crippen LogP contribution < -0.4 is 5.32 Å². The van der Waals surface area contributed by atoms with E-state index in [4.69, 9.17) is 0 Å². The Kier molecular flexibility index (Phi) is 4.88. The minimum absolute atomic E-state index is 0.230. The van der Waals surface area contributed by atoms with E-state index in [-0.39, 0.29) is 11.7 Å². The van der Waals surface area contributed by atoms with Gasteiger partial charge in [0.15, 0.2) is 0 Å². The van der Waals surface area contributed by atoms with Gasteiger partial charge in [0.25, 0.3) is 5.91 Å². The number of benzene rings is 2. The van der Waals surface area contributed by atoms with Crippen LogP contribution in [0.1, 0.15) is 35.7 Å². The predicted octanol–water partition coefficient (Wildman–Crippen LogP) is 4.42. The minimum atomic E-state index is -0.346. The number of halogens is 1. The summed E-state index contributed by atoms with van der Waals surface area (Å²) in [5.74, 6) is -0.576. The highest BCUT2D eigenvalue weighted by molar-refractivity contribution is 6.04. The largest absolute Gasteiger partial charge is 0.322 e. The van der Waals surface area contributed by atoms with E-state index in [9.17, 15) is 9.18 Å². The molecule has 104 valence electrons. The number of carbonyl (C=O) groups is 1. The standard InChI is InChI=1S/C17H18FNO/c1-2-3-4-13-5-11-16(12-6-13)19-17(20)14-7-9-15(18)10-8-14/h5-12H,2-4H2,1H3,(H,19,20). The molecule has 0 aromatic heterocycles. The van der Waals surface area contributed by atoms with Crippen LogP contribution >= 0.6 is 0 Å². The van der Waals surface area contributed by atoms with E-state index in [0.29, 0.717) is 5.56 Å². The highest BCUT2D eigenvalue weighted by Crippen LogP contribution is 2.13. The molecule has 0 heterocycles. The van der Waals surface area contributed by atoms with E-state index >= 15 is 0 Å². The van der Waals surface area contributed by atoms with Gasteiger partial charge in [-0.15, -0.1) is 0 Å². The maximum Gasteiger partial charge on any atom is 0.255 e. The van der Waals surface area contributed by atoms with Gasteiger partial charge in [0.2, 0.25) is 0 Å². The molecule has 2 aromatic rings. The normalized spacial score (nSPS) is 10.3. The van der Waals surface area contributed by atoms with Crippen molar-refractivity contribution in [3.8, 4) is 0 Å². The zero-order valence-electron chi connectivity index (χ0n) is 11.5. The third kappa shape index (κ3) is 3.92. The van der Waals surface area contributed by atoms with Crippen LogP contribution in [-0.2, 0) is 6.42 Å². The topological polar surface area (TPSA) is 29.1 Å². The number of unbranched alkanes of at least 4 members (excludes halogenated alkanes) is 1. The molecule has 0 fully saturated rings. The fourth-order valence-corrected chi connectivity index (χ4v) is 1.94. The molecule has 0 saturated carbocycles. The molecule has 3 heteroatoms. The molecule has 0 bridgehead atoms. The molecule has 20 heavy (non-hydrogen) atoms. The summed E-state index contributed by atoms with van der Waals surface area (Å²) >= 11 is 0. The van der Waals surface area contributed by atoms with Crippen molar-refractivity contribution in [1.29, 1.82) is 0 Å².